The van der Waals surface area contributed by atoms with Crippen LogP contribution >= 0.6 is 0 Å². The summed E-state index contributed by atoms with van der Waals surface area (Å²) in [6, 6.07) is 9.47. The van der Waals surface area contributed by atoms with Gasteiger partial charge in [-0.05, 0) is 36.8 Å². The van der Waals surface area contributed by atoms with Gasteiger partial charge in [-0.15, -0.1) is 0 Å². The van der Waals surface area contributed by atoms with Gasteiger partial charge in [-0.25, -0.2) is 14.2 Å². The Balaban J connectivity index is 0. The van der Waals surface area contributed by atoms with E-state index in [1.165, 1.54) is 12.1 Å². The zero-order valence-electron chi connectivity index (χ0n) is 18.1. The fraction of sp³-hybridized carbons (Fsp3) is 0.429. The summed E-state index contributed by atoms with van der Waals surface area (Å²) in [5, 5.41) is 5.57. The van der Waals surface area contributed by atoms with Crippen LogP contribution < -0.4 is 16.4 Å². The number of aromatic nitrogens is 1. The second kappa shape index (κ2) is 17.6. The van der Waals surface area contributed by atoms with Crippen molar-refractivity contribution < 1.29 is 13.9 Å². The predicted molar refractivity (Wildman–Crippen MR) is 117 cm³/mol. The van der Waals surface area contributed by atoms with Crippen LogP contribution in [0.15, 0.2) is 36.4 Å². The van der Waals surface area contributed by atoms with Crippen molar-refractivity contribution in [2.24, 2.45) is 0 Å². The lowest BCUT2D eigenvalue weighted by Crippen LogP contribution is -2.15. The van der Waals surface area contributed by atoms with E-state index in [0.717, 1.165) is 5.56 Å². The number of halogens is 1. The quantitative estimate of drug-likeness (QED) is 0.573. The Morgan fingerprint density at radius 3 is 2.11 bits per heavy atom. The third-order valence-electron chi connectivity index (χ3n) is 2.82. The highest BCUT2D eigenvalue weighted by molar-refractivity contribution is 5.88. The van der Waals surface area contributed by atoms with Gasteiger partial charge in [0.1, 0.15) is 17.5 Å². The highest BCUT2D eigenvalue weighted by Crippen LogP contribution is 2.19. The maximum absolute atomic E-state index is 12.8. The Kier molecular flexibility index (Phi) is 17.2. The van der Waals surface area contributed by atoms with Crippen molar-refractivity contribution in [2.45, 2.75) is 55.0 Å². The fourth-order valence-electron chi connectivity index (χ4n) is 1.75. The second-order valence-electron chi connectivity index (χ2n) is 4.45. The minimum absolute atomic E-state index is 0.178. The van der Waals surface area contributed by atoms with Crippen LogP contribution in [0.5, 0.6) is 0 Å². The van der Waals surface area contributed by atoms with Crippen LogP contribution in [0.3, 0.4) is 0 Å². The van der Waals surface area contributed by atoms with Crippen molar-refractivity contribution in [1.82, 2.24) is 4.98 Å². The number of nitrogens with one attached hydrogen (secondary N) is 2. The molecule has 0 bridgehead atoms. The second-order valence-corrected chi connectivity index (χ2v) is 4.45. The molecule has 28 heavy (non-hydrogen) atoms. The SMILES string of the molecule is CC.CC.CC.CCOC(=O)Nc1ccc(NCc2ccc(F)cc2)nc1N. The summed E-state index contributed by atoms with van der Waals surface area (Å²) in [5.74, 6) is 0.453. The zero-order valence-corrected chi connectivity index (χ0v) is 18.1. The average Bonchev–Trinajstić information content (AvgIpc) is 2.74. The Morgan fingerprint density at radius 1 is 1.04 bits per heavy atom. The number of benzene rings is 1. The average molecular weight is 395 g/mol. The molecule has 0 unspecified atom stereocenters. The Morgan fingerprint density at radius 2 is 1.61 bits per heavy atom. The van der Waals surface area contributed by atoms with E-state index < -0.39 is 6.09 Å². The Hall–Kier alpha value is -2.83. The van der Waals surface area contributed by atoms with Gasteiger partial charge in [-0.1, -0.05) is 53.7 Å². The number of anilines is 3. The summed E-state index contributed by atoms with van der Waals surface area (Å²) in [5.41, 5.74) is 7.08. The van der Waals surface area contributed by atoms with E-state index in [1.807, 2.05) is 41.5 Å². The smallest absolute Gasteiger partial charge is 0.411 e. The molecule has 0 aliphatic heterocycles. The molecule has 1 amide bonds. The molecule has 6 nitrogen and oxygen atoms in total. The summed E-state index contributed by atoms with van der Waals surface area (Å²) in [6.07, 6.45) is -0.581. The number of pyridine rings is 1. The van der Waals surface area contributed by atoms with Gasteiger partial charge in [0, 0.05) is 6.54 Å². The van der Waals surface area contributed by atoms with Crippen LogP contribution in [0.4, 0.5) is 26.5 Å². The lowest BCUT2D eigenvalue weighted by Gasteiger charge is -2.10. The standard InChI is InChI=1S/C15H17FN4O2.3C2H6/c1-2-22-15(21)19-12-7-8-13(20-14(12)17)18-9-10-3-5-11(16)6-4-10;3*1-2/h3-8H,2,9H2,1H3,(H,19,21)(H3,17,18,20);3*1-2H3. The van der Waals surface area contributed by atoms with Gasteiger partial charge in [-0.2, -0.15) is 0 Å². The van der Waals surface area contributed by atoms with Crippen LogP contribution in [0.1, 0.15) is 54.0 Å². The van der Waals surface area contributed by atoms with E-state index in [9.17, 15) is 9.18 Å². The zero-order chi connectivity index (χ0) is 21.9. The molecule has 0 fully saturated rings. The lowest BCUT2D eigenvalue weighted by atomic mass is 10.2. The molecule has 0 aliphatic rings. The molecule has 0 spiro atoms. The summed E-state index contributed by atoms with van der Waals surface area (Å²) in [4.78, 5) is 15.5. The molecule has 1 aromatic carbocycles. The molecule has 1 heterocycles. The third-order valence-corrected chi connectivity index (χ3v) is 2.82. The lowest BCUT2D eigenvalue weighted by molar-refractivity contribution is 0.168. The molecule has 2 aromatic rings. The van der Waals surface area contributed by atoms with Gasteiger partial charge < -0.3 is 15.8 Å². The first-order chi connectivity index (χ1) is 13.6. The van der Waals surface area contributed by atoms with Crippen molar-refractivity contribution >= 4 is 23.4 Å². The van der Waals surface area contributed by atoms with E-state index in [0.29, 0.717) is 18.1 Å². The van der Waals surface area contributed by atoms with Gasteiger partial charge >= 0.3 is 6.09 Å². The van der Waals surface area contributed by atoms with Gasteiger partial charge in [0.05, 0.1) is 12.3 Å². The van der Waals surface area contributed by atoms with Crippen molar-refractivity contribution in [3.8, 4) is 0 Å². The van der Waals surface area contributed by atoms with Crippen LogP contribution in [0, 0.1) is 5.82 Å². The molecular weight excluding hydrogens is 359 g/mol. The minimum Gasteiger partial charge on any atom is -0.450 e. The monoisotopic (exact) mass is 394 g/mol. The van der Waals surface area contributed by atoms with Gasteiger partial charge in [0.15, 0.2) is 0 Å². The number of nitrogens with zero attached hydrogens (tertiary/aromatic N) is 1. The maximum Gasteiger partial charge on any atom is 0.411 e. The van der Waals surface area contributed by atoms with Crippen LogP contribution in [-0.4, -0.2) is 17.7 Å². The largest absolute Gasteiger partial charge is 0.450 e. The number of hydrogen-bond donors (Lipinski definition) is 3. The number of carbonyl (C=O) groups excluding carboxylic acids is 1. The van der Waals surface area contributed by atoms with E-state index in [1.54, 1.807) is 31.2 Å². The summed E-state index contributed by atoms with van der Waals surface area (Å²) < 4.78 is 17.6. The topological polar surface area (TPSA) is 89.3 Å². The van der Waals surface area contributed by atoms with E-state index in [2.05, 4.69) is 15.6 Å². The molecule has 2 rings (SSSR count). The minimum atomic E-state index is -0.581. The first-order valence-corrected chi connectivity index (χ1v) is 9.77. The molecule has 0 saturated carbocycles. The fourth-order valence-corrected chi connectivity index (χ4v) is 1.75. The highest BCUT2D eigenvalue weighted by atomic mass is 19.1. The molecule has 0 aliphatic carbocycles. The van der Waals surface area contributed by atoms with E-state index in [-0.39, 0.29) is 18.2 Å². The van der Waals surface area contributed by atoms with Crippen molar-refractivity contribution in [2.75, 3.05) is 23.0 Å². The third kappa shape index (κ3) is 11.0. The van der Waals surface area contributed by atoms with Crippen molar-refractivity contribution in [1.29, 1.82) is 0 Å². The summed E-state index contributed by atoms with van der Waals surface area (Å²) >= 11 is 0. The normalized spacial score (nSPS) is 8.57. The first kappa shape index (κ1) is 27.4. The number of nitrogen functional groups attached to an aromatic ring is 1. The van der Waals surface area contributed by atoms with Gasteiger partial charge in [0.2, 0.25) is 0 Å². The Labute approximate surface area is 168 Å². The van der Waals surface area contributed by atoms with Crippen LogP contribution in [0.2, 0.25) is 0 Å². The number of carbonyl (C=O) groups is 1. The highest BCUT2D eigenvalue weighted by Gasteiger charge is 2.07. The summed E-state index contributed by atoms with van der Waals surface area (Å²) in [6.45, 7) is 14.5. The number of rotatable bonds is 5. The van der Waals surface area contributed by atoms with Crippen LogP contribution in [-0.2, 0) is 11.3 Å². The molecule has 0 radical (unpaired) electrons. The van der Waals surface area contributed by atoms with Crippen molar-refractivity contribution in [3.63, 3.8) is 0 Å². The maximum atomic E-state index is 12.8. The molecule has 158 valence electrons. The number of ether oxygens (including phenoxy) is 1. The Bertz CT molecular complexity index is 649. The molecule has 4 N–H and O–H groups in total. The van der Waals surface area contributed by atoms with Gasteiger partial charge in [0.25, 0.3) is 0 Å². The number of nitrogens with two attached hydrogens (primary N) is 1. The number of amides is 1. The molecular formula is C21H35FN4O2. The summed E-state index contributed by atoms with van der Waals surface area (Å²) in [7, 11) is 0. The molecule has 1 aromatic heterocycles. The molecule has 0 saturated heterocycles. The van der Waals surface area contributed by atoms with Gasteiger partial charge in [-0.3, -0.25) is 5.32 Å². The van der Waals surface area contributed by atoms with E-state index in [4.69, 9.17) is 10.5 Å². The van der Waals surface area contributed by atoms with Crippen molar-refractivity contribution in [3.05, 3.63) is 47.8 Å². The number of hydrogen-bond acceptors (Lipinski definition) is 5. The molecule has 7 heteroatoms. The molecule has 0 atom stereocenters. The van der Waals surface area contributed by atoms with Crippen LogP contribution in [0.25, 0.3) is 0 Å². The predicted octanol–water partition coefficient (Wildman–Crippen LogP) is 6.06. The van der Waals surface area contributed by atoms with E-state index >= 15 is 0 Å². The first-order valence-electron chi connectivity index (χ1n) is 9.77.